The number of carbonyl (C=O) groups is 1. The maximum absolute atomic E-state index is 12.2. The molecule has 2 amide bonds. The third-order valence-electron chi connectivity index (χ3n) is 3.44. The minimum Gasteiger partial charge on any atom is -0.379 e. The number of hydrogen-bond donors (Lipinski definition) is 1. The van der Waals surface area contributed by atoms with E-state index < -0.39 is 0 Å². The Morgan fingerprint density at radius 3 is 2.65 bits per heavy atom. The van der Waals surface area contributed by atoms with Crippen molar-refractivity contribution in [2.45, 2.75) is 6.92 Å². The SMILES string of the molecule is CCN(C(=O)NCCN1CCOCC1)c1ccccc1. The minimum absolute atomic E-state index is 0.0352. The highest BCUT2D eigenvalue weighted by atomic mass is 16.5. The third kappa shape index (κ3) is 4.21. The fraction of sp³-hybridized carbons (Fsp3) is 0.533. The topological polar surface area (TPSA) is 44.8 Å². The lowest BCUT2D eigenvalue weighted by Gasteiger charge is -2.27. The summed E-state index contributed by atoms with van der Waals surface area (Å²) in [6.07, 6.45) is 0. The summed E-state index contributed by atoms with van der Waals surface area (Å²) < 4.78 is 5.30. The zero-order valence-electron chi connectivity index (χ0n) is 12.0. The second-order valence-corrected chi connectivity index (χ2v) is 4.77. The second kappa shape index (κ2) is 7.87. The van der Waals surface area contributed by atoms with Crippen LogP contribution in [0.25, 0.3) is 0 Å². The highest BCUT2D eigenvalue weighted by Crippen LogP contribution is 2.12. The van der Waals surface area contributed by atoms with Crippen LogP contribution in [0.3, 0.4) is 0 Å². The number of benzene rings is 1. The average molecular weight is 277 g/mol. The molecule has 1 saturated heterocycles. The van der Waals surface area contributed by atoms with E-state index in [1.807, 2.05) is 37.3 Å². The van der Waals surface area contributed by atoms with Crippen LogP contribution in [0.4, 0.5) is 10.5 Å². The first-order chi connectivity index (χ1) is 9.81. The predicted octanol–water partition coefficient (Wildman–Crippen LogP) is 1.55. The van der Waals surface area contributed by atoms with Gasteiger partial charge >= 0.3 is 6.03 Å². The largest absolute Gasteiger partial charge is 0.379 e. The van der Waals surface area contributed by atoms with Gasteiger partial charge in [-0.25, -0.2) is 4.79 Å². The van der Waals surface area contributed by atoms with E-state index in [1.165, 1.54) is 0 Å². The summed E-state index contributed by atoms with van der Waals surface area (Å²) in [4.78, 5) is 16.2. The summed E-state index contributed by atoms with van der Waals surface area (Å²) in [5.41, 5.74) is 0.930. The molecule has 0 atom stereocenters. The van der Waals surface area contributed by atoms with Crippen LogP contribution in [0.2, 0.25) is 0 Å². The molecule has 110 valence electrons. The van der Waals surface area contributed by atoms with Crippen LogP contribution in [0.5, 0.6) is 0 Å². The lowest BCUT2D eigenvalue weighted by Crippen LogP contribution is -2.45. The normalized spacial score (nSPS) is 15.8. The molecule has 1 aliphatic rings. The van der Waals surface area contributed by atoms with Gasteiger partial charge < -0.3 is 10.1 Å². The highest BCUT2D eigenvalue weighted by Gasteiger charge is 2.14. The molecule has 0 bridgehead atoms. The maximum atomic E-state index is 12.2. The number of morpholine rings is 1. The lowest BCUT2D eigenvalue weighted by atomic mass is 10.3. The summed E-state index contributed by atoms with van der Waals surface area (Å²) in [6, 6.07) is 9.70. The maximum Gasteiger partial charge on any atom is 0.321 e. The van der Waals surface area contributed by atoms with Crippen molar-refractivity contribution >= 4 is 11.7 Å². The van der Waals surface area contributed by atoms with Crippen molar-refractivity contribution < 1.29 is 9.53 Å². The Labute approximate surface area is 120 Å². The molecule has 1 fully saturated rings. The summed E-state index contributed by atoms with van der Waals surface area (Å²) in [5.74, 6) is 0. The van der Waals surface area contributed by atoms with Gasteiger partial charge in [-0.1, -0.05) is 18.2 Å². The summed E-state index contributed by atoms with van der Waals surface area (Å²) in [6.45, 7) is 7.67. The molecule has 0 radical (unpaired) electrons. The Bertz CT molecular complexity index is 405. The number of carbonyl (C=O) groups excluding carboxylic acids is 1. The van der Waals surface area contributed by atoms with Crippen molar-refractivity contribution in [3.63, 3.8) is 0 Å². The van der Waals surface area contributed by atoms with Crippen molar-refractivity contribution in [2.75, 3.05) is 50.8 Å². The van der Waals surface area contributed by atoms with Crippen molar-refractivity contribution in [1.29, 1.82) is 0 Å². The van der Waals surface area contributed by atoms with Crippen LogP contribution >= 0.6 is 0 Å². The monoisotopic (exact) mass is 277 g/mol. The van der Waals surface area contributed by atoms with E-state index in [0.29, 0.717) is 13.1 Å². The van der Waals surface area contributed by atoms with Crippen LogP contribution in [0.1, 0.15) is 6.92 Å². The van der Waals surface area contributed by atoms with Crippen molar-refractivity contribution in [1.82, 2.24) is 10.2 Å². The molecule has 1 N–H and O–H groups in total. The quantitative estimate of drug-likeness (QED) is 0.888. The van der Waals surface area contributed by atoms with Gasteiger partial charge in [-0.3, -0.25) is 9.80 Å². The number of urea groups is 1. The Balaban J connectivity index is 1.78. The van der Waals surface area contributed by atoms with Gasteiger partial charge in [-0.2, -0.15) is 0 Å². The summed E-state index contributed by atoms with van der Waals surface area (Å²) in [7, 11) is 0. The summed E-state index contributed by atoms with van der Waals surface area (Å²) in [5, 5.41) is 2.98. The second-order valence-electron chi connectivity index (χ2n) is 4.77. The molecule has 2 rings (SSSR count). The van der Waals surface area contributed by atoms with Crippen LogP contribution < -0.4 is 10.2 Å². The first-order valence-electron chi connectivity index (χ1n) is 7.21. The Hall–Kier alpha value is -1.59. The predicted molar refractivity (Wildman–Crippen MR) is 80.1 cm³/mol. The number of ether oxygens (including phenoxy) is 1. The highest BCUT2D eigenvalue weighted by molar-refractivity contribution is 5.91. The van der Waals surface area contributed by atoms with Gasteiger partial charge in [0.15, 0.2) is 0 Å². The van der Waals surface area contributed by atoms with Crippen molar-refractivity contribution in [3.8, 4) is 0 Å². The fourth-order valence-corrected chi connectivity index (χ4v) is 2.29. The van der Waals surface area contributed by atoms with Crippen molar-refractivity contribution in [2.24, 2.45) is 0 Å². The molecule has 5 nitrogen and oxygen atoms in total. The van der Waals surface area contributed by atoms with Gasteiger partial charge in [0, 0.05) is 38.4 Å². The molecule has 20 heavy (non-hydrogen) atoms. The van der Waals surface area contributed by atoms with Gasteiger partial charge in [0.05, 0.1) is 13.2 Å². The Morgan fingerprint density at radius 2 is 2.00 bits per heavy atom. The minimum atomic E-state index is -0.0352. The third-order valence-corrected chi connectivity index (χ3v) is 3.44. The molecule has 1 aromatic rings. The Morgan fingerprint density at radius 1 is 1.30 bits per heavy atom. The lowest BCUT2D eigenvalue weighted by molar-refractivity contribution is 0.0387. The number of para-hydroxylation sites is 1. The van der Waals surface area contributed by atoms with E-state index in [1.54, 1.807) is 4.90 Å². The van der Waals surface area contributed by atoms with Crippen LogP contribution in [0, 0.1) is 0 Å². The van der Waals surface area contributed by atoms with Gasteiger partial charge in [-0.05, 0) is 19.1 Å². The van der Waals surface area contributed by atoms with Crippen LogP contribution in [-0.4, -0.2) is 56.9 Å². The Kier molecular flexibility index (Phi) is 5.83. The van der Waals surface area contributed by atoms with E-state index in [9.17, 15) is 4.79 Å². The zero-order valence-corrected chi connectivity index (χ0v) is 12.0. The van der Waals surface area contributed by atoms with E-state index in [2.05, 4.69) is 10.2 Å². The molecule has 0 aromatic heterocycles. The van der Waals surface area contributed by atoms with Crippen LogP contribution in [0.15, 0.2) is 30.3 Å². The smallest absolute Gasteiger partial charge is 0.321 e. The van der Waals surface area contributed by atoms with Crippen molar-refractivity contribution in [3.05, 3.63) is 30.3 Å². The number of anilines is 1. The summed E-state index contributed by atoms with van der Waals surface area (Å²) >= 11 is 0. The van der Waals surface area contributed by atoms with Gasteiger partial charge in [-0.15, -0.1) is 0 Å². The number of hydrogen-bond acceptors (Lipinski definition) is 3. The molecule has 0 spiro atoms. The van der Waals surface area contributed by atoms with E-state index >= 15 is 0 Å². The molecule has 5 heteroatoms. The van der Waals surface area contributed by atoms with Gasteiger partial charge in [0.25, 0.3) is 0 Å². The zero-order chi connectivity index (χ0) is 14.2. The first-order valence-corrected chi connectivity index (χ1v) is 7.21. The number of rotatable bonds is 5. The molecule has 1 aromatic carbocycles. The van der Waals surface area contributed by atoms with E-state index in [-0.39, 0.29) is 6.03 Å². The first kappa shape index (κ1) is 14.8. The molecule has 0 aliphatic carbocycles. The molecule has 1 heterocycles. The number of amides is 2. The van der Waals surface area contributed by atoms with E-state index in [4.69, 9.17) is 4.74 Å². The molecular formula is C15H23N3O2. The van der Waals surface area contributed by atoms with Gasteiger partial charge in [0.1, 0.15) is 0 Å². The van der Waals surface area contributed by atoms with E-state index in [0.717, 1.165) is 38.5 Å². The molecule has 1 aliphatic heterocycles. The van der Waals surface area contributed by atoms with Crippen LogP contribution in [-0.2, 0) is 4.74 Å². The molecule has 0 saturated carbocycles. The number of nitrogens with one attached hydrogen (secondary N) is 1. The average Bonchev–Trinajstić information content (AvgIpc) is 2.50. The number of nitrogens with zero attached hydrogens (tertiary/aromatic N) is 2. The standard InChI is InChI=1S/C15H23N3O2/c1-2-18(14-6-4-3-5-7-14)15(19)16-8-9-17-10-12-20-13-11-17/h3-7H,2,8-13H2,1H3,(H,16,19). The fourth-order valence-electron chi connectivity index (χ4n) is 2.29. The molecule has 0 unspecified atom stereocenters. The molecular weight excluding hydrogens is 254 g/mol. The van der Waals surface area contributed by atoms with Gasteiger partial charge in [0.2, 0.25) is 0 Å².